The van der Waals surface area contributed by atoms with Crippen molar-refractivity contribution in [2.24, 2.45) is 0 Å². The Morgan fingerprint density at radius 1 is 1.43 bits per heavy atom. The normalized spacial score (nSPS) is 19.4. The molecular weight excluding hydrogens is 294 g/mol. The number of hydrogen-bond donors (Lipinski definition) is 0. The van der Waals surface area contributed by atoms with Gasteiger partial charge in [-0.2, -0.15) is 9.57 Å². The van der Waals surface area contributed by atoms with Crippen LogP contribution >= 0.6 is 0 Å². The van der Waals surface area contributed by atoms with E-state index in [-0.39, 0.29) is 17.1 Å². The second kappa shape index (κ2) is 5.42. The largest absolute Gasteiger partial charge is 0.271 e. The highest BCUT2D eigenvalue weighted by molar-refractivity contribution is 7.89. The molecule has 1 fully saturated rings. The van der Waals surface area contributed by atoms with Gasteiger partial charge in [0.25, 0.3) is 5.69 Å². The molecule has 2 rings (SSSR count). The van der Waals surface area contributed by atoms with Gasteiger partial charge in [-0.3, -0.25) is 10.1 Å². The summed E-state index contributed by atoms with van der Waals surface area (Å²) in [5.74, 6) is 0. The molecule has 0 spiro atoms. The minimum absolute atomic E-state index is 0.0867. The molecule has 1 aliphatic heterocycles. The van der Waals surface area contributed by atoms with Crippen LogP contribution in [0.5, 0.6) is 0 Å². The predicted molar refractivity (Wildman–Crippen MR) is 75.1 cm³/mol. The quantitative estimate of drug-likeness (QED) is 0.626. The van der Waals surface area contributed by atoms with Crippen LogP contribution in [0.15, 0.2) is 17.0 Å². The van der Waals surface area contributed by atoms with E-state index in [9.17, 15) is 18.5 Å². The number of hydrogen-bond acceptors (Lipinski definition) is 5. The van der Waals surface area contributed by atoms with Crippen molar-refractivity contribution in [1.82, 2.24) is 4.31 Å². The monoisotopic (exact) mass is 309 g/mol. The lowest BCUT2D eigenvalue weighted by Crippen LogP contribution is -2.35. The Balaban J connectivity index is 2.60. The van der Waals surface area contributed by atoms with Gasteiger partial charge in [0.15, 0.2) is 0 Å². The highest BCUT2D eigenvalue weighted by Gasteiger charge is 2.37. The maximum atomic E-state index is 12.7. The molecule has 1 aliphatic rings. The number of non-ortho nitro benzene ring substituents is 1. The first-order chi connectivity index (χ1) is 9.78. The summed E-state index contributed by atoms with van der Waals surface area (Å²) in [7, 11) is -3.90. The maximum Gasteiger partial charge on any atom is 0.271 e. The van der Waals surface area contributed by atoms with Crippen molar-refractivity contribution in [2.75, 3.05) is 6.54 Å². The second-order valence-electron chi connectivity index (χ2n) is 5.05. The van der Waals surface area contributed by atoms with Crippen molar-refractivity contribution < 1.29 is 13.3 Å². The molecule has 1 saturated heterocycles. The van der Waals surface area contributed by atoms with E-state index in [1.54, 1.807) is 13.8 Å². The molecule has 8 heteroatoms. The number of rotatable bonds is 3. The average molecular weight is 309 g/mol. The Kier molecular flexibility index (Phi) is 3.98. The molecule has 0 bridgehead atoms. The zero-order valence-electron chi connectivity index (χ0n) is 11.7. The summed E-state index contributed by atoms with van der Waals surface area (Å²) in [5.41, 5.74) is 0.754. The van der Waals surface area contributed by atoms with E-state index in [0.717, 1.165) is 10.4 Å². The van der Waals surface area contributed by atoms with E-state index in [1.807, 2.05) is 6.07 Å². The summed E-state index contributed by atoms with van der Waals surface area (Å²) in [5, 5.41) is 20.0. The van der Waals surface area contributed by atoms with E-state index >= 15 is 0 Å². The van der Waals surface area contributed by atoms with Gasteiger partial charge in [-0.15, -0.1) is 0 Å². The molecule has 1 aromatic rings. The zero-order chi connectivity index (χ0) is 15.8. The molecule has 21 heavy (non-hydrogen) atoms. The van der Waals surface area contributed by atoms with Gasteiger partial charge < -0.3 is 0 Å². The highest BCUT2D eigenvalue weighted by Crippen LogP contribution is 2.31. The Hall–Kier alpha value is -1.98. The average Bonchev–Trinajstić information content (AvgIpc) is 2.90. The topological polar surface area (TPSA) is 104 Å². The minimum Gasteiger partial charge on any atom is -0.258 e. The molecule has 1 aromatic carbocycles. The summed E-state index contributed by atoms with van der Waals surface area (Å²) in [6.07, 6.45) is 1.10. The van der Waals surface area contributed by atoms with Crippen LogP contribution in [0.25, 0.3) is 0 Å². The molecule has 1 atom stereocenters. The summed E-state index contributed by atoms with van der Waals surface area (Å²) in [6, 6.07) is 3.70. The third-order valence-electron chi connectivity index (χ3n) is 3.75. The van der Waals surface area contributed by atoms with Gasteiger partial charge in [0.05, 0.1) is 15.9 Å². The first-order valence-electron chi connectivity index (χ1n) is 6.46. The Morgan fingerprint density at radius 2 is 2.10 bits per heavy atom. The number of nitriles is 1. The number of aryl methyl sites for hydroxylation is 1. The first-order valence-corrected chi connectivity index (χ1v) is 7.90. The molecular formula is C13H15N3O4S. The molecule has 0 radical (unpaired) electrons. The van der Waals surface area contributed by atoms with Crippen LogP contribution in [0.4, 0.5) is 5.69 Å². The highest BCUT2D eigenvalue weighted by atomic mass is 32.2. The van der Waals surface area contributed by atoms with Gasteiger partial charge in [-0.05, 0) is 37.8 Å². The van der Waals surface area contributed by atoms with Crippen LogP contribution in [0.2, 0.25) is 0 Å². The molecule has 1 unspecified atom stereocenters. The number of sulfonamides is 1. The SMILES string of the molecule is Cc1cc([N+](=O)[O-])cc(S(=O)(=O)N2CCCC2C#N)c1C. The minimum atomic E-state index is -3.90. The third kappa shape index (κ3) is 2.62. The zero-order valence-corrected chi connectivity index (χ0v) is 12.6. The maximum absolute atomic E-state index is 12.7. The van der Waals surface area contributed by atoms with Crippen molar-refractivity contribution in [3.05, 3.63) is 33.4 Å². The van der Waals surface area contributed by atoms with Crippen LogP contribution in [0.1, 0.15) is 24.0 Å². The lowest BCUT2D eigenvalue weighted by Gasteiger charge is -2.20. The van der Waals surface area contributed by atoms with E-state index in [2.05, 4.69) is 0 Å². The van der Waals surface area contributed by atoms with Crippen LogP contribution in [-0.4, -0.2) is 30.2 Å². The Bertz CT molecular complexity index is 737. The second-order valence-corrected chi connectivity index (χ2v) is 6.90. The van der Waals surface area contributed by atoms with Crippen LogP contribution in [-0.2, 0) is 10.0 Å². The molecule has 112 valence electrons. The van der Waals surface area contributed by atoms with E-state index in [4.69, 9.17) is 5.26 Å². The van der Waals surface area contributed by atoms with Gasteiger partial charge in [0.1, 0.15) is 6.04 Å². The molecule has 0 N–H and O–H groups in total. The molecule has 0 amide bonds. The molecule has 0 aromatic heterocycles. The number of nitro groups is 1. The summed E-state index contributed by atoms with van der Waals surface area (Å²) in [6.45, 7) is 3.51. The predicted octanol–water partition coefficient (Wildman–Crippen LogP) is 1.89. The standard InChI is InChI=1S/C13H15N3O4S/c1-9-6-12(16(17)18)7-13(10(9)2)21(19,20)15-5-3-4-11(15)8-14/h6-7,11H,3-5H2,1-2H3. The smallest absolute Gasteiger partial charge is 0.258 e. The summed E-state index contributed by atoms with van der Waals surface area (Å²) in [4.78, 5) is 10.2. The number of nitrogens with zero attached hydrogens (tertiary/aromatic N) is 3. The van der Waals surface area contributed by atoms with E-state index in [0.29, 0.717) is 24.0 Å². The van der Waals surface area contributed by atoms with Crippen molar-refractivity contribution in [3.8, 4) is 6.07 Å². The van der Waals surface area contributed by atoms with Crippen LogP contribution < -0.4 is 0 Å². The molecule has 7 nitrogen and oxygen atoms in total. The molecule has 0 aliphatic carbocycles. The lowest BCUT2D eigenvalue weighted by molar-refractivity contribution is -0.385. The van der Waals surface area contributed by atoms with Gasteiger partial charge in [-0.25, -0.2) is 8.42 Å². The van der Waals surface area contributed by atoms with Crippen LogP contribution in [0.3, 0.4) is 0 Å². The van der Waals surface area contributed by atoms with E-state index < -0.39 is 21.0 Å². The Morgan fingerprint density at radius 3 is 2.67 bits per heavy atom. The van der Waals surface area contributed by atoms with Crippen LogP contribution in [0, 0.1) is 35.3 Å². The third-order valence-corrected chi connectivity index (χ3v) is 5.79. The van der Waals surface area contributed by atoms with Crippen molar-refractivity contribution in [2.45, 2.75) is 37.6 Å². The van der Waals surface area contributed by atoms with E-state index in [1.165, 1.54) is 6.07 Å². The van der Waals surface area contributed by atoms with Gasteiger partial charge in [0, 0.05) is 18.7 Å². The fraction of sp³-hybridized carbons (Fsp3) is 0.462. The van der Waals surface area contributed by atoms with Crippen molar-refractivity contribution >= 4 is 15.7 Å². The summed E-state index contributed by atoms with van der Waals surface area (Å²) >= 11 is 0. The number of nitro benzene ring substituents is 1. The van der Waals surface area contributed by atoms with Crippen molar-refractivity contribution in [3.63, 3.8) is 0 Å². The first kappa shape index (κ1) is 15.4. The fourth-order valence-electron chi connectivity index (χ4n) is 2.47. The van der Waals surface area contributed by atoms with Crippen molar-refractivity contribution in [1.29, 1.82) is 5.26 Å². The number of benzene rings is 1. The molecule has 0 saturated carbocycles. The van der Waals surface area contributed by atoms with Gasteiger partial charge in [-0.1, -0.05) is 0 Å². The Labute approximate surface area is 123 Å². The summed E-state index contributed by atoms with van der Waals surface area (Å²) < 4.78 is 26.5. The van der Waals surface area contributed by atoms with Gasteiger partial charge >= 0.3 is 0 Å². The fourth-order valence-corrected chi connectivity index (χ4v) is 4.39. The lowest BCUT2D eigenvalue weighted by atomic mass is 10.1. The van der Waals surface area contributed by atoms with Gasteiger partial charge in [0.2, 0.25) is 10.0 Å². The molecule has 1 heterocycles.